The molecule has 5 rings (SSSR count). The van der Waals surface area contributed by atoms with E-state index in [1.807, 2.05) is 0 Å². The largest absolute Gasteiger partial charge is 0.438 e. The van der Waals surface area contributed by atoms with Gasteiger partial charge in [0.1, 0.15) is 17.4 Å². The second kappa shape index (κ2) is 9.18. The number of fused-ring (bicyclic) bond motifs is 1. The molecule has 1 aromatic heterocycles. The number of rotatable bonds is 5. The molecule has 1 fully saturated rings. The average molecular weight is 438 g/mol. The van der Waals surface area contributed by atoms with Crippen LogP contribution in [-0.4, -0.2) is 47.7 Å². The molecule has 0 aliphatic carbocycles. The number of hydrogen-bond donors (Lipinski definition) is 0. The van der Waals surface area contributed by atoms with Crippen LogP contribution in [0.4, 0.5) is 14.7 Å². The highest BCUT2D eigenvalue weighted by atomic mass is 19.1. The van der Waals surface area contributed by atoms with Crippen LogP contribution >= 0.6 is 0 Å². The van der Waals surface area contributed by atoms with Gasteiger partial charge in [0.05, 0.1) is 24.5 Å². The van der Waals surface area contributed by atoms with Gasteiger partial charge in [0.25, 0.3) is 0 Å². The van der Waals surface area contributed by atoms with Crippen molar-refractivity contribution < 1.29 is 18.3 Å². The number of morpholine rings is 1. The summed E-state index contributed by atoms with van der Waals surface area (Å²) in [5, 5.41) is 0. The van der Waals surface area contributed by atoms with Crippen molar-refractivity contribution >= 4 is 5.95 Å². The minimum absolute atomic E-state index is 0.243. The van der Waals surface area contributed by atoms with Crippen molar-refractivity contribution in [3.63, 3.8) is 0 Å². The molecule has 166 valence electrons. The number of benzene rings is 2. The lowest BCUT2D eigenvalue weighted by molar-refractivity contribution is 0.122. The zero-order chi connectivity index (χ0) is 21.9. The van der Waals surface area contributed by atoms with Gasteiger partial charge in [-0.05, 0) is 29.8 Å². The van der Waals surface area contributed by atoms with Gasteiger partial charge in [-0.25, -0.2) is 13.8 Å². The van der Waals surface area contributed by atoms with Crippen molar-refractivity contribution in [1.82, 2.24) is 14.9 Å². The fourth-order valence-electron chi connectivity index (χ4n) is 4.04. The number of halogens is 2. The van der Waals surface area contributed by atoms with Crippen molar-refractivity contribution in [1.29, 1.82) is 0 Å². The first-order valence-electron chi connectivity index (χ1n) is 10.8. The quantitative estimate of drug-likeness (QED) is 0.602. The molecule has 0 N–H and O–H groups in total. The van der Waals surface area contributed by atoms with E-state index in [-0.39, 0.29) is 11.6 Å². The first-order valence-corrected chi connectivity index (χ1v) is 10.8. The normalized spacial score (nSPS) is 16.6. The molecule has 3 heterocycles. The van der Waals surface area contributed by atoms with E-state index in [0.29, 0.717) is 43.9 Å². The molecule has 3 aromatic rings. The zero-order valence-electron chi connectivity index (χ0n) is 17.6. The topological polar surface area (TPSA) is 50.7 Å². The molecule has 1 saturated heterocycles. The number of hydrogen-bond acceptors (Lipinski definition) is 6. The van der Waals surface area contributed by atoms with Gasteiger partial charge in [-0.1, -0.05) is 18.2 Å². The fraction of sp³-hybridized carbons (Fsp3) is 0.333. The molecule has 6 nitrogen and oxygen atoms in total. The van der Waals surface area contributed by atoms with Gasteiger partial charge < -0.3 is 14.4 Å². The van der Waals surface area contributed by atoms with Crippen molar-refractivity contribution in [2.75, 3.05) is 37.7 Å². The highest BCUT2D eigenvalue weighted by Crippen LogP contribution is 2.32. The molecule has 0 atom stereocenters. The lowest BCUT2D eigenvalue weighted by Gasteiger charge is -2.31. The molecule has 0 radical (unpaired) electrons. The minimum atomic E-state index is -0.364. The molecule has 0 bridgehead atoms. The van der Waals surface area contributed by atoms with E-state index in [1.165, 1.54) is 24.3 Å². The molecule has 32 heavy (non-hydrogen) atoms. The van der Waals surface area contributed by atoms with Crippen LogP contribution in [0, 0.1) is 11.6 Å². The van der Waals surface area contributed by atoms with Gasteiger partial charge in [-0.3, -0.25) is 4.90 Å². The highest BCUT2D eigenvalue weighted by Gasteiger charge is 2.26. The van der Waals surface area contributed by atoms with Crippen LogP contribution in [0.1, 0.15) is 16.8 Å². The molecule has 0 unspecified atom stereocenters. The maximum Gasteiger partial charge on any atom is 0.229 e. The summed E-state index contributed by atoms with van der Waals surface area (Å²) in [7, 11) is 0. The van der Waals surface area contributed by atoms with Crippen molar-refractivity contribution in [3.8, 4) is 11.6 Å². The van der Waals surface area contributed by atoms with Crippen LogP contribution in [0.2, 0.25) is 0 Å². The lowest BCUT2D eigenvalue weighted by Crippen LogP contribution is -2.38. The second-order valence-corrected chi connectivity index (χ2v) is 8.00. The van der Waals surface area contributed by atoms with Crippen LogP contribution in [-0.2, 0) is 24.2 Å². The zero-order valence-corrected chi connectivity index (χ0v) is 17.6. The Balaban J connectivity index is 1.44. The molecular weight excluding hydrogens is 414 g/mol. The first kappa shape index (κ1) is 20.8. The van der Waals surface area contributed by atoms with E-state index in [4.69, 9.17) is 19.4 Å². The Labute approximate surface area is 185 Å². The number of ether oxygens (including phenoxy) is 2. The number of anilines is 1. The SMILES string of the molecule is Fc1ccc(CN2CCc3nc(N4CCOCC4)nc(Oc4cccc(F)c4)c3C2)cc1. The Morgan fingerprint density at radius 1 is 0.938 bits per heavy atom. The number of nitrogens with zero attached hydrogens (tertiary/aromatic N) is 4. The van der Waals surface area contributed by atoms with Crippen LogP contribution in [0.5, 0.6) is 11.6 Å². The Bertz CT molecular complexity index is 1090. The summed E-state index contributed by atoms with van der Waals surface area (Å²) in [5.74, 6) is 0.857. The third-order valence-corrected chi connectivity index (χ3v) is 5.71. The summed E-state index contributed by atoms with van der Waals surface area (Å²) < 4.78 is 38.5. The van der Waals surface area contributed by atoms with Gasteiger partial charge >= 0.3 is 0 Å². The smallest absolute Gasteiger partial charge is 0.229 e. The lowest BCUT2D eigenvalue weighted by atomic mass is 10.1. The fourth-order valence-corrected chi connectivity index (χ4v) is 4.04. The second-order valence-electron chi connectivity index (χ2n) is 8.00. The maximum atomic E-state index is 13.7. The van der Waals surface area contributed by atoms with E-state index < -0.39 is 0 Å². The summed E-state index contributed by atoms with van der Waals surface area (Å²) in [6.45, 7) is 4.80. The van der Waals surface area contributed by atoms with Crippen LogP contribution in [0.15, 0.2) is 48.5 Å². The summed E-state index contributed by atoms with van der Waals surface area (Å²) >= 11 is 0. The van der Waals surface area contributed by atoms with E-state index in [9.17, 15) is 8.78 Å². The van der Waals surface area contributed by atoms with Gasteiger partial charge in [0.2, 0.25) is 11.8 Å². The van der Waals surface area contributed by atoms with Crippen LogP contribution < -0.4 is 9.64 Å². The van der Waals surface area contributed by atoms with Crippen LogP contribution in [0.25, 0.3) is 0 Å². The van der Waals surface area contributed by atoms with E-state index in [0.717, 1.165) is 42.9 Å². The predicted molar refractivity (Wildman–Crippen MR) is 116 cm³/mol. The van der Waals surface area contributed by atoms with Crippen molar-refractivity contribution in [2.45, 2.75) is 19.5 Å². The van der Waals surface area contributed by atoms with E-state index in [1.54, 1.807) is 24.3 Å². The van der Waals surface area contributed by atoms with Gasteiger partial charge in [0.15, 0.2) is 0 Å². The standard InChI is InChI=1S/C24H24F2N4O2/c25-18-6-4-17(5-7-18)15-29-9-8-22-21(16-29)23(32-20-3-1-2-19(26)14-20)28-24(27-22)30-10-12-31-13-11-30/h1-7,14H,8-13,15-16H2. The monoisotopic (exact) mass is 438 g/mol. The molecule has 2 aromatic carbocycles. The Morgan fingerprint density at radius 3 is 2.53 bits per heavy atom. The summed E-state index contributed by atoms with van der Waals surface area (Å²) in [6, 6.07) is 12.6. The molecule has 8 heteroatoms. The molecule has 2 aliphatic heterocycles. The van der Waals surface area contributed by atoms with Crippen molar-refractivity contribution in [2.24, 2.45) is 0 Å². The first-order chi connectivity index (χ1) is 15.6. The maximum absolute atomic E-state index is 13.7. The molecule has 0 saturated carbocycles. The third-order valence-electron chi connectivity index (χ3n) is 5.71. The van der Waals surface area contributed by atoms with Gasteiger partial charge in [-0.2, -0.15) is 4.98 Å². The Hall–Kier alpha value is -3.10. The molecular formula is C24H24F2N4O2. The summed E-state index contributed by atoms with van der Waals surface area (Å²) in [4.78, 5) is 13.9. The van der Waals surface area contributed by atoms with Gasteiger partial charge in [-0.15, -0.1) is 0 Å². The Kier molecular flexibility index (Phi) is 5.96. The molecule has 0 amide bonds. The molecule has 2 aliphatic rings. The molecule has 0 spiro atoms. The summed E-state index contributed by atoms with van der Waals surface area (Å²) in [6.07, 6.45) is 0.746. The summed E-state index contributed by atoms with van der Waals surface area (Å²) in [5.41, 5.74) is 2.89. The minimum Gasteiger partial charge on any atom is -0.438 e. The van der Waals surface area contributed by atoms with Gasteiger partial charge in [0, 0.05) is 45.2 Å². The van der Waals surface area contributed by atoms with E-state index >= 15 is 0 Å². The average Bonchev–Trinajstić information content (AvgIpc) is 2.81. The third kappa shape index (κ3) is 4.71. The van der Waals surface area contributed by atoms with E-state index in [2.05, 4.69) is 9.80 Å². The Morgan fingerprint density at radius 2 is 1.75 bits per heavy atom. The highest BCUT2D eigenvalue weighted by molar-refractivity contribution is 5.44. The van der Waals surface area contributed by atoms with Crippen LogP contribution in [0.3, 0.4) is 0 Å². The van der Waals surface area contributed by atoms with Crippen molar-refractivity contribution in [3.05, 3.63) is 77.0 Å². The predicted octanol–water partition coefficient (Wildman–Crippen LogP) is 3.94. The number of aromatic nitrogens is 2.